The molecule has 0 saturated heterocycles. The van der Waals surface area contributed by atoms with Crippen LogP contribution in [0.2, 0.25) is 15.1 Å². The Kier molecular flexibility index (Phi) is 4.72. The Labute approximate surface area is 135 Å². The van der Waals surface area contributed by atoms with Crippen LogP contribution >= 0.6 is 45.5 Å². The van der Waals surface area contributed by atoms with Gasteiger partial charge in [0, 0.05) is 10.7 Å². The summed E-state index contributed by atoms with van der Waals surface area (Å²) in [6.07, 6.45) is 0. The van der Waals surface area contributed by atoms with Gasteiger partial charge in [-0.3, -0.25) is 0 Å². The van der Waals surface area contributed by atoms with E-state index in [0.29, 0.717) is 10.8 Å². The molecule has 0 saturated carbocycles. The predicted molar refractivity (Wildman–Crippen MR) is 81.0 cm³/mol. The maximum atomic E-state index is 11.2. The van der Waals surface area contributed by atoms with Gasteiger partial charge in [0.25, 0.3) is 9.05 Å². The molecule has 2 aromatic carbocycles. The van der Waals surface area contributed by atoms with Crippen LogP contribution in [-0.2, 0) is 9.05 Å². The van der Waals surface area contributed by atoms with Crippen molar-refractivity contribution < 1.29 is 13.2 Å². The van der Waals surface area contributed by atoms with E-state index in [0.717, 1.165) is 0 Å². The topological polar surface area (TPSA) is 43.4 Å². The minimum absolute atomic E-state index is 0.0859. The van der Waals surface area contributed by atoms with Crippen molar-refractivity contribution >= 4 is 54.5 Å². The Morgan fingerprint density at radius 2 is 1.60 bits per heavy atom. The Balaban J connectivity index is 2.38. The molecule has 0 radical (unpaired) electrons. The van der Waals surface area contributed by atoms with Crippen molar-refractivity contribution in [2.75, 3.05) is 0 Å². The van der Waals surface area contributed by atoms with Crippen LogP contribution < -0.4 is 4.74 Å². The Hall–Kier alpha value is -0.650. The first-order valence-corrected chi connectivity index (χ1v) is 8.59. The van der Waals surface area contributed by atoms with E-state index >= 15 is 0 Å². The molecular weight excluding hydrogens is 366 g/mol. The summed E-state index contributed by atoms with van der Waals surface area (Å²) in [5.74, 6) is 0.544. The first kappa shape index (κ1) is 15.7. The molecule has 3 nitrogen and oxygen atoms in total. The highest BCUT2D eigenvalue weighted by atomic mass is 35.7. The second kappa shape index (κ2) is 6.00. The molecule has 106 valence electrons. The predicted octanol–water partition coefficient (Wildman–Crippen LogP) is 5.37. The summed E-state index contributed by atoms with van der Waals surface area (Å²) in [5.41, 5.74) is 0. The quantitative estimate of drug-likeness (QED) is 0.681. The summed E-state index contributed by atoms with van der Waals surface area (Å²) in [5, 5.41) is 0.655. The van der Waals surface area contributed by atoms with E-state index in [-0.39, 0.29) is 20.7 Å². The fraction of sp³-hybridized carbons (Fsp3) is 0. The van der Waals surface area contributed by atoms with E-state index < -0.39 is 9.05 Å². The third kappa shape index (κ3) is 3.51. The van der Waals surface area contributed by atoms with Gasteiger partial charge in [-0.15, -0.1) is 0 Å². The fourth-order valence-corrected chi connectivity index (χ4v) is 2.79. The third-order valence-electron chi connectivity index (χ3n) is 2.32. The van der Waals surface area contributed by atoms with E-state index in [2.05, 4.69) is 0 Å². The average Bonchev–Trinajstić information content (AvgIpc) is 2.36. The normalized spacial score (nSPS) is 11.4. The maximum absolute atomic E-state index is 11.2. The second-order valence-corrected chi connectivity index (χ2v) is 7.44. The van der Waals surface area contributed by atoms with Crippen molar-refractivity contribution in [1.82, 2.24) is 0 Å². The summed E-state index contributed by atoms with van der Waals surface area (Å²) >= 11 is 17.8. The number of rotatable bonds is 3. The second-order valence-electron chi connectivity index (χ2n) is 3.68. The molecular formula is C12H6Cl4O3S. The van der Waals surface area contributed by atoms with Gasteiger partial charge < -0.3 is 4.74 Å². The van der Waals surface area contributed by atoms with Crippen LogP contribution in [0.25, 0.3) is 0 Å². The highest BCUT2D eigenvalue weighted by Gasteiger charge is 2.14. The highest BCUT2D eigenvalue weighted by molar-refractivity contribution is 8.13. The van der Waals surface area contributed by atoms with Crippen LogP contribution in [0.5, 0.6) is 11.5 Å². The third-order valence-corrected chi connectivity index (χ3v) is 4.77. The van der Waals surface area contributed by atoms with Crippen molar-refractivity contribution in [1.29, 1.82) is 0 Å². The summed E-state index contributed by atoms with van der Waals surface area (Å²) in [6, 6.07) is 8.74. The molecule has 2 rings (SSSR count). The lowest BCUT2D eigenvalue weighted by Gasteiger charge is -2.10. The van der Waals surface area contributed by atoms with Gasteiger partial charge in [-0.05, 0) is 30.3 Å². The molecule has 0 aliphatic rings. The maximum Gasteiger partial charge on any atom is 0.261 e. The lowest BCUT2D eigenvalue weighted by atomic mass is 10.3. The van der Waals surface area contributed by atoms with Crippen molar-refractivity contribution in [3.05, 3.63) is 51.5 Å². The van der Waals surface area contributed by atoms with Crippen molar-refractivity contribution in [3.63, 3.8) is 0 Å². The van der Waals surface area contributed by atoms with Crippen LogP contribution in [0.1, 0.15) is 0 Å². The van der Waals surface area contributed by atoms with E-state index in [1.807, 2.05) is 0 Å². The Morgan fingerprint density at radius 1 is 0.900 bits per heavy atom. The van der Waals surface area contributed by atoms with Gasteiger partial charge >= 0.3 is 0 Å². The van der Waals surface area contributed by atoms with E-state index in [1.54, 1.807) is 18.2 Å². The summed E-state index contributed by atoms with van der Waals surface area (Å²) in [4.78, 5) is -0.117. The Morgan fingerprint density at radius 3 is 2.20 bits per heavy atom. The molecule has 0 heterocycles. The largest absolute Gasteiger partial charge is 0.454 e. The van der Waals surface area contributed by atoms with Gasteiger partial charge in [-0.25, -0.2) is 8.42 Å². The van der Waals surface area contributed by atoms with Gasteiger partial charge in [0.05, 0.1) is 14.9 Å². The molecule has 0 fully saturated rings. The Bertz CT molecular complexity index is 759. The number of hydrogen-bond donors (Lipinski definition) is 0. The molecule has 0 bridgehead atoms. The smallest absolute Gasteiger partial charge is 0.261 e. The SMILES string of the molecule is O=S(=O)(Cl)c1ccc(Oc2cccc(Cl)c2Cl)c(Cl)c1. The van der Waals surface area contributed by atoms with E-state index in [9.17, 15) is 8.42 Å². The van der Waals surface area contributed by atoms with Gasteiger partial charge in [-0.1, -0.05) is 40.9 Å². The van der Waals surface area contributed by atoms with Gasteiger partial charge in [0.2, 0.25) is 0 Å². The minimum atomic E-state index is -3.84. The molecule has 20 heavy (non-hydrogen) atoms. The van der Waals surface area contributed by atoms with Gasteiger partial charge in [0.1, 0.15) is 16.5 Å². The molecule has 2 aromatic rings. The molecule has 0 aliphatic carbocycles. The molecule has 0 amide bonds. The summed E-state index contributed by atoms with van der Waals surface area (Å²) < 4.78 is 27.9. The zero-order valence-corrected chi connectivity index (χ0v) is 13.4. The molecule has 0 unspecified atom stereocenters. The first-order chi connectivity index (χ1) is 9.29. The zero-order valence-electron chi connectivity index (χ0n) is 9.61. The summed E-state index contributed by atoms with van der Waals surface area (Å²) in [6.45, 7) is 0. The van der Waals surface area contributed by atoms with Crippen molar-refractivity contribution in [3.8, 4) is 11.5 Å². The molecule has 0 N–H and O–H groups in total. The molecule has 0 aliphatic heterocycles. The number of ether oxygens (including phenoxy) is 1. The van der Waals surface area contributed by atoms with Crippen molar-refractivity contribution in [2.45, 2.75) is 4.90 Å². The number of benzene rings is 2. The van der Waals surface area contributed by atoms with Crippen molar-refractivity contribution in [2.24, 2.45) is 0 Å². The standard InChI is InChI=1S/C12H6Cl4O3S/c13-8-2-1-3-11(12(8)15)19-10-5-4-7(6-9(10)14)20(16,17)18/h1-6H. The monoisotopic (exact) mass is 370 g/mol. The van der Waals surface area contributed by atoms with Crippen LogP contribution in [0.3, 0.4) is 0 Å². The van der Waals surface area contributed by atoms with Gasteiger partial charge in [-0.2, -0.15) is 0 Å². The van der Waals surface area contributed by atoms with Crippen LogP contribution in [0, 0.1) is 0 Å². The molecule has 0 atom stereocenters. The zero-order chi connectivity index (χ0) is 14.9. The number of hydrogen-bond acceptors (Lipinski definition) is 3. The van der Waals surface area contributed by atoms with Crippen LogP contribution in [-0.4, -0.2) is 8.42 Å². The number of halogens is 4. The first-order valence-electron chi connectivity index (χ1n) is 5.15. The summed E-state index contributed by atoms with van der Waals surface area (Å²) in [7, 11) is 1.38. The van der Waals surface area contributed by atoms with Crippen LogP contribution in [0.15, 0.2) is 41.3 Å². The lowest BCUT2D eigenvalue weighted by Crippen LogP contribution is -1.92. The van der Waals surface area contributed by atoms with Crippen LogP contribution in [0.4, 0.5) is 0 Å². The lowest BCUT2D eigenvalue weighted by molar-refractivity contribution is 0.482. The highest BCUT2D eigenvalue weighted by Crippen LogP contribution is 2.37. The fourth-order valence-electron chi connectivity index (χ4n) is 1.40. The minimum Gasteiger partial charge on any atom is -0.454 e. The molecule has 8 heteroatoms. The van der Waals surface area contributed by atoms with Gasteiger partial charge in [0.15, 0.2) is 0 Å². The van der Waals surface area contributed by atoms with E-state index in [1.165, 1.54) is 18.2 Å². The molecule has 0 spiro atoms. The average molecular weight is 372 g/mol. The van der Waals surface area contributed by atoms with E-state index in [4.69, 9.17) is 50.2 Å². The molecule has 0 aromatic heterocycles.